The maximum Gasteiger partial charge on any atom is 0.208 e. The third-order valence-electron chi connectivity index (χ3n) is 8.08. The molecule has 0 N–H and O–H groups in total. The molecule has 8 rings (SSSR count). The molecule has 2 aliphatic heterocycles. The van der Waals surface area contributed by atoms with Crippen molar-refractivity contribution >= 4 is 40.6 Å². The van der Waals surface area contributed by atoms with E-state index in [-0.39, 0.29) is 0 Å². The SMILES string of the molecule is O=S1(=O)C(c2ccccc2)=C(c2ccccc2)c2ccccc21.O=S1(=O)C(c2ccccc2)=C(c2ccccc2)c2ccccc21. The molecule has 0 saturated carbocycles. The van der Waals surface area contributed by atoms with Crippen LogP contribution in [0.1, 0.15) is 33.4 Å². The number of hydrogen-bond donors (Lipinski definition) is 0. The van der Waals surface area contributed by atoms with Gasteiger partial charge in [0.05, 0.1) is 19.6 Å². The topological polar surface area (TPSA) is 68.3 Å². The summed E-state index contributed by atoms with van der Waals surface area (Å²) >= 11 is 0. The minimum absolute atomic E-state index is 0.387. The van der Waals surface area contributed by atoms with Crippen LogP contribution in [0.15, 0.2) is 180 Å². The van der Waals surface area contributed by atoms with E-state index in [4.69, 9.17) is 0 Å². The Kier molecular flexibility index (Phi) is 7.61. The number of benzene rings is 6. The van der Waals surface area contributed by atoms with Gasteiger partial charge in [0.25, 0.3) is 0 Å². The van der Waals surface area contributed by atoms with Crippen LogP contribution in [0, 0.1) is 0 Å². The second kappa shape index (κ2) is 11.9. The summed E-state index contributed by atoms with van der Waals surface area (Å²) in [5, 5.41) is 0. The summed E-state index contributed by atoms with van der Waals surface area (Å²) in [5.41, 5.74) is 6.40. The van der Waals surface area contributed by atoms with Gasteiger partial charge in [-0.05, 0) is 34.4 Å². The van der Waals surface area contributed by atoms with Gasteiger partial charge in [0, 0.05) is 22.3 Å². The second-order valence-electron chi connectivity index (χ2n) is 10.9. The van der Waals surface area contributed by atoms with Crippen LogP contribution in [0.2, 0.25) is 0 Å². The summed E-state index contributed by atoms with van der Waals surface area (Å²) in [4.78, 5) is 1.56. The van der Waals surface area contributed by atoms with Gasteiger partial charge in [-0.3, -0.25) is 0 Å². The lowest BCUT2D eigenvalue weighted by molar-refractivity contribution is 0.605. The molecule has 46 heavy (non-hydrogen) atoms. The zero-order chi connectivity index (χ0) is 31.7. The zero-order valence-electron chi connectivity index (χ0n) is 24.6. The Balaban J connectivity index is 0.000000147. The van der Waals surface area contributed by atoms with E-state index in [9.17, 15) is 16.8 Å². The smallest absolute Gasteiger partial charge is 0.208 e. The minimum Gasteiger partial charge on any atom is -0.218 e. The van der Waals surface area contributed by atoms with E-state index < -0.39 is 19.7 Å². The van der Waals surface area contributed by atoms with E-state index >= 15 is 0 Å². The fraction of sp³-hybridized carbons (Fsp3) is 0. The van der Waals surface area contributed by atoms with E-state index in [0.29, 0.717) is 19.6 Å². The van der Waals surface area contributed by atoms with Gasteiger partial charge >= 0.3 is 0 Å². The van der Waals surface area contributed by atoms with E-state index in [1.807, 2.05) is 146 Å². The highest BCUT2D eigenvalue weighted by Crippen LogP contribution is 2.48. The van der Waals surface area contributed by atoms with Crippen molar-refractivity contribution < 1.29 is 16.8 Å². The maximum absolute atomic E-state index is 13.1. The second-order valence-corrected chi connectivity index (χ2v) is 14.6. The van der Waals surface area contributed by atoms with Crippen LogP contribution < -0.4 is 0 Å². The average Bonchev–Trinajstić information content (AvgIpc) is 3.50. The van der Waals surface area contributed by atoms with Crippen molar-refractivity contribution in [3.8, 4) is 0 Å². The molecule has 0 bridgehead atoms. The van der Waals surface area contributed by atoms with Crippen molar-refractivity contribution in [3.63, 3.8) is 0 Å². The van der Waals surface area contributed by atoms with Crippen molar-refractivity contribution in [3.05, 3.63) is 203 Å². The predicted octanol–water partition coefficient (Wildman–Crippen LogP) is 8.78. The predicted molar refractivity (Wildman–Crippen MR) is 185 cm³/mol. The Morgan fingerprint density at radius 3 is 0.870 bits per heavy atom. The van der Waals surface area contributed by atoms with Crippen molar-refractivity contribution in [2.45, 2.75) is 9.79 Å². The molecular weight excluding hydrogens is 609 g/mol. The monoisotopic (exact) mass is 636 g/mol. The van der Waals surface area contributed by atoms with Crippen LogP contribution in [0.4, 0.5) is 0 Å². The molecule has 2 heterocycles. The molecule has 0 saturated heterocycles. The van der Waals surface area contributed by atoms with Crippen molar-refractivity contribution in [1.82, 2.24) is 0 Å². The summed E-state index contributed by atoms with van der Waals surface area (Å²) in [5.74, 6) is 0. The maximum atomic E-state index is 13.1. The average molecular weight is 637 g/mol. The highest BCUT2D eigenvalue weighted by atomic mass is 32.2. The number of fused-ring (bicyclic) bond motifs is 2. The molecule has 0 amide bonds. The molecule has 4 nitrogen and oxygen atoms in total. The van der Waals surface area contributed by atoms with E-state index in [1.165, 1.54) is 0 Å². The molecule has 0 fully saturated rings. The molecule has 6 heteroatoms. The van der Waals surface area contributed by atoms with Gasteiger partial charge in [-0.25, -0.2) is 16.8 Å². The van der Waals surface area contributed by atoms with E-state index in [0.717, 1.165) is 44.5 Å². The molecular formula is C40H28O4S2. The standard InChI is InChI=1S/2C20H14O2S/c2*21-23(22)18-14-8-7-13-17(18)19(15-9-3-1-4-10-15)20(23)16-11-5-2-6-12-16/h2*1-14H. The Morgan fingerprint density at radius 1 is 0.283 bits per heavy atom. The highest BCUT2D eigenvalue weighted by molar-refractivity contribution is 8.01. The number of rotatable bonds is 4. The van der Waals surface area contributed by atoms with Gasteiger partial charge in [0.2, 0.25) is 19.7 Å². The van der Waals surface area contributed by atoms with Crippen LogP contribution in [0.25, 0.3) is 21.0 Å². The lowest BCUT2D eigenvalue weighted by Crippen LogP contribution is -2.00. The van der Waals surface area contributed by atoms with Crippen LogP contribution in [-0.2, 0) is 19.7 Å². The lowest BCUT2D eigenvalue weighted by atomic mass is 9.96. The van der Waals surface area contributed by atoms with Crippen LogP contribution in [0.3, 0.4) is 0 Å². The quantitative estimate of drug-likeness (QED) is 0.194. The van der Waals surface area contributed by atoms with E-state index in [1.54, 1.807) is 24.3 Å². The Hall–Kier alpha value is -5.30. The third-order valence-corrected chi connectivity index (χ3v) is 11.9. The molecule has 0 aromatic heterocycles. The fourth-order valence-electron chi connectivity index (χ4n) is 6.11. The van der Waals surface area contributed by atoms with Gasteiger partial charge < -0.3 is 0 Å². The molecule has 6 aromatic carbocycles. The van der Waals surface area contributed by atoms with Crippen molar-refractivity contribution in [2.24, 2.45) is 0 Å². The van der Waals surface area contributed by atoms with Gasteiger partial charge in [-0.1, -0.05) is 158 Å². The molecule has 224 valence electrons. The first-order chi connectivity index (χ1) is 22.4. The molecule has 0 unspecified atom stereocenters. The molecule has 0 atom stereocenters. The molecule has 0 spiro atoms. The molecule has 0 radical (unpaired) electrons. The summed E-state index contributed by atoms with van der Waals surface area (Å²) < 4.78 is 52.4. The zero-order valence-corrected chi connectivity index (χ0v) is 26.2. The summed E-state index contributed by atoms with van der Waals surface area (Å²) in [6.45, 7) is 0. The van der Waals surface area contributed by atoms with Crippen molar-refractivity contribution in [2.75, 3.05) is 0 Å². The van der Waals surface area contributed by atoms with Gasteiger partial charge in [0.1, 0.15) is 0 Å². The van der Waals surface area contributed by atoms with Gasteiger partial charge in [-0.2, -0.15) is 0 Å². The summed E-state index contributed by atoms with van der Waals surface area (Å²) in [6, 6.07) is 52.5. The minimum atomic E-state index is -3.52. The molecule has 6 aromatic rings. The first kappa shape index (κ1) is 29.4. The van der Waals surface area contributed by atoms with Crippen LogP contribution in [-0.4, -0.2) is 16.8 Å². The first-order valence-corrected chi connectivity index (χ1v) is 17.7. The van der Waals surface area contributed by atoms with Gasteiger partial charge in [-0.15, -0.1) is 0 Å². The summed E-state index contributed by atoms with van der Waals surface area (Å²) in [7, 11) is -7.03. The Bertz CT molecular complexity index is 2170. The lowest BCUT2D eigenvalue weighted by Gasteiger charge is -2.08. The van der Waals surface area contributed by atoms with Gasteiger partial charge in [0.15, 0.2) is 0 Å². The third kappa shape index (κ3) is 5.02. The molecule has 0 aliphatic carbocycles. The number of hydrogen-bond acceptors (Lipinski definition) is 4. The highest BCUT2D eigenvalue weighted by Gasteiger charge is 2.37. The Morgan fingerprint density at radius 2 is 0.543 bits per heavy atom. The molecule has 2 aliphatic rings. The number of sulfone groups is 2. The summed E-state index contributed by atoms with van der Waals surface area (Å²) in [6.07, 6.45) is 0. The fourth-order valence-corrected chi connectivity index (χ4v) is 9.87. The van der Waals surface area contributed by atoms with E-state index in [2.05, 4.69) is 0 Å². The van der Waals surface area contributed by atoms with Crippen LogP contribution >= 0.6 is 0 Å². The first-order valence-electron chi connectivity index (χ1n) is 14.8. The normalized spacial score (nSPS) is 15.5. The van der Waals surface area contributed by atoms with Crippen molar-refractivity contribution in [1.29, 1.82) is 0 Å². The largest absolute Gasteiger partial charge is 0.218 e. The van der Waals surface area contributed by atoms with Crippen LogP contribution in [0.5, 0.6) is 0 Å². The Labute approximate surface area is 269 Å².